The second-order valence-electron chi connectivity index (χ2n) is 5.85. The maximum absolute atomic E-state index is 13.2. The van der Waals surface area contributed by atoms with E-state index in [-0.39, 0.29) is 24.8 Å². The van der Waals surface area contributed by atoms with Gasteiger partial charge in [0.1, 0.15) is 6.04 Å². The van der Waals surface area contributed by atoms with Gasteiger partial charge in [-0.3, -0.25) is 4.79 Å². The molecule has 0 aliphatic rings. The molecule has 0 bridgehead atoms. The Morgan fingerprint density at radius 3 is 2.12 bits per heavy atom. The van der Waals surface area contributed by atoms with Crippen LogP contribution in [0.4, 0.5) is 13.2 Å². The van der Waals surface area contributed by atoms with E-state index in [0.717, 1.165) is 0 Å². The largest absolute Gasteiger partial charge is 0.478 e. The number of carbonyl (C=O) groups excluding carboxylic acids is 1. The number of hydrogen-bond donors (Lipinski definition) is 2. The van der Waals surface area contributed by atoms with E-state index in [1.54, 1.807) is 42.5 Å². The Morgan fingerprint density at radius 2 is 1.58 bits per heavy atom. The molecule has 0 saturated heterocycles. The average Bonchev–Trinajstić information content (AvgIpc) is 2.60. The summed E-state index contributed by atoms with van der Waals surface area (Å²) in [4.78, 5) is 22.7. The maximum Gasteiger partial charge on any atom is 0.408 e. The van der Waals surface area contributed by atoms with Crippen LogP contribution >= 0.6 is 0 Å². The first kappa shape index (κ1) is 19.5. The summed E-state index contributed by atoms with van der Waals surface area (Å²) < 4.78 is 39.5. The normalized spacial score (nSPS) is 12.4. The van der Waals surface area contributed by atoms with E-state index in [1.807, 2.05) is 5.32 Å². The Morgan fingerprint density at radius 1 is 0.962 bits per heavy atom. The van der Waals surface area contributed by atoms with Crippen LogP contribution in [0.1, 0.15) is 27.9 Å². The third-order valence-electron chi connectivity index (χ3n) is 3.85. The molecule has 0 aliphatic carbocycles. The summed E-state index contributed by atoms with van der Waals surface area (Å²) in [6, 6.07) is 12.1. The summed E-state index contributed by atoms with van der Waals surface area (Å²) in [6.45, 7) is 0. The molecule has 0 aromatic heterocycles. The van der Waals surface area contributed by atoms with Crippen LogP contribution in [0.5, 0.6) is 0 Å². The minimum atomic E-state index is -4.55. The molecule has 1 atom stereocenters. The van der Waals surface area contributed by atoms with Crippen LogP contribution in [-0.2, 0) is 17.6 Å². The molecular formula is C19H18F3NO3. The molecule has 2 rings (SSSR count). The summed E-state index contributed by atoms with van der Waals surface area (Å²) in [5.74, 6) is -1.77. The van der Waals surface area contributed by atoms with Crippen molar-refractivity contribution in [2.45, 2.75) is 31.5 Å². The van der Waals surface area contributed by atoms with Crippen molar-refractivity contribution in [1.29, 1.82) is 0 Å². The quantitative estimate of drug-likeness (QED) is 0.788. The minimum Gasteiger partial charge on any atom is -0.478 e. The lowest BCUT2D eigenvalue weighted by molar-refractivity contribution is -0.161. The Balaban J connectivity index is 1.93. The van der Waals surface area contributed by atoms with E-state index < -0.39 is 24.1 Å². The van der Waals surface area contributed by atoms with Crippen LogP contribution in [-0.4, -0.2) is 29.2 Å². The van der Waals surface area contributed by atoms with Gasteiger partial charge < -0.3 is 10.4 Å². The highest BCUT2D eigenvalue weighted by Crippen LogP contribution is 2.23. The number of halogens is 3. The molecule has 2 aromatic carbocycles. The molecule has 1 unspecified atom stereocenters. The van der Waals surface area contributed by atoms with Gasteiger partial charge in [0.15, 0.2) is 0 Å². The monoisotopic (exact) mass is 365 g/mol. The highest BCUT2D eigenvalue weighted by Gasteiger charge is 2.40. The number of carboxylic acids is 1. The average molecular weight is 365 g/mol. The fourth-order valence-electron chi connectivity index (χ4n) is 2.44. The van der Waals surface area contributed by atoms with E-state index in [4.69, 9.17) is 5.11 Å². The molecule has 0 spiro atoms. The third kappa shape index (κ3) is 5.91. The molecule has 7 heteroatoms. The number of rotatable bonds is 7. The highest BCUT2D eigenvalue weighted by molar-refractivity contribution is 5.87. The van der Waals surface area contributed by atoms with Crippen LogP contribution in [0.3, 0.4) is 0 Å². The van der Waals surface area contributed by atoms with Gasteiger partial charge in [-0.2, -0.15) is 13.2 Å². The predicted molar refractivity (Wildman–Crippen MR) is 89.9 cm³/mol. The minimum absolute atomic E-state index is 0.109. The van der Waals surface area contributed by atoms with E-state index in [2.05, 4.69) is 0 Å². The molecular weight excluding hydrogens is 347 g/mol. The molecule has 26 heavy (non-hydrogen) atoms. The van der Waals surface area contributed by atoms with E-state index in [0.29, 0.717) is 11.1 Å². The van der Waals surface area contributed by atoms with E-state index in [9.17, 15) is 22.8 Å². The number of amides is 1. The number of carboxylic acid groups (broad SMARTS) is 1. The lowest BCUT2D eigenvalue weighted by atomic mass is 10.0. The number of aryl methyl sites for hydroxylation is 1. The highest BCUT2D eigenvalue weighted by atomic mass is 19.4. The molecule has 2 N–H and O–H groups in total. The van der Waals surface area contributed by atoms with Gasteiger partial charge in [-0.25, -0.2) is 4.79 Å². The standard InChI is InChI=1S/C19H18F3NO3/c20-19(21,22)16(12-14-4-2-1-3-5-14)23-17(24)11-8-13-6-9-15(10-7-13)18(25)26/h1-7,9-10,16H,8,11-12H2,(H,23,24)(H,25,26). The fourth-order valence-corrected chi connectivity index (χ4v) is 2.44. The van der Waals surface area contributed by atoms with E-state index in [1.165, 1.54) is 12.1 Å². The Labute approximate surface area is 148 Å². The number of benzene rings is 2. The third-order valence-corrected chi connectivity index (χ3v) is 3.85. The van der Waals surface area contributed by atoms with Crippen LogP contribution in [0.2, 0.25) is 0 Å². The molecule has 4 nitrogen and oxygen atoms in total. The van der Waals surface area contributed by atoms with Gasteiger partial charge in [0, 0.05) is 12.8 Å². The van der Waals surface area contributed by atoms with Gasteiger partial charge in [0.2, 0.25) is 5.91 Å². The number of carbonyl (C=O) groups is 2. The first-order valence-electron chi connectivity index (χ1n) is 7.98. The fraction of sp³-hybridized carbons (Fsp3) is 0.263. The van der Waals surface area contributed by atoms with Crippen LogP contribution in [0.25, 0.3) is 0 Å². The zero-order chi connectivity index (χ0) is 19.2. The van der Waals surface area contributed by atoms with Gasteiger partial charge in [0.25, 0.3) is 0 Å². The van der Waals surface area contributed by atoms with Crippen molar-refractivity contribution in [2.24, 2.45) is 0 Å². The Bertz CT molecular complexity index is 743. The van der Waals surface area contributed by atoms with Crippen molar-refractivity contribution < 1.29 is 27.9 Å². The first-order chi connectivity index (χ1) is 12.3. The molecule has 0 fully saturated rings. The van der Waals surface area contributed by atoms with Gasteiger partial charge in [-0.1, -0.05) is 42.5 Å². The van der Waals surface area contributed by atoms with Gasteiger partial charge in [0.05, 0.1) is 5.56 Å². The van der Waals surface area contributed by atoms with Crippen molar-refractivity contribution in [1.82, 2.24) is 5.32 Å². The van der Waals surface area contributed by atoms with Crippen LogP contribution in [0.15, 0.2) is 54.6 Å². The number of aromatic carboxylic acids is 1. The van der Waals surface area contributed by atoms with Crippen LogP contribution in [0, 0.1) is 0 Å². The topological polar surface area (TPSA) is 66.4 Å². The summed E-state index contributed by atoms with van der Waals surface area (Å²) in [7, 11) is 0. The van der Waals surface area contributed by atoms with Crippen molar-refractivity contribution in [3.63, 3.8) is 0 Å². The van der Waals surface area contributed by atoms with Crippen LogP contribution < -0.4 is 5.32 Å². The zero-order valence-electron chi connectivity index (χ0n) is 13.8. The van der Waals surface area contributed by atoms with Gasteiger partial charge in [-0.15, -0.1) is 0 Å². The maximum atomic E-state index is 13.2. The lowest BCUT2D eigenvalue weighted by Crippen LogP contribution is -2.46. The Kier molecular flexibility index (Phi) is 6.38. The van der Waals surface area contributed by atoms with E-state index >= 15 is 0 Å². The predicted octanol–water partition coefficient (Wildman–Crippen LogP) is 3.61. The SMILES string of the molecule is O=C(CCc1ccc(C(=O)O)cc1)NC(Cc1ccccc1)C(F)(F)F. The molecule has 2 aromatic rings. The van der Waals surface area contributed by atoms with Crippen molar-refractivity contribution in [3.05, 3.63) is 71.3 Å². The Hall–Kier alpha value is -2.83. The molecule has 0 radical (unpaired) electrons. The first-order valence-corrected chi connectivity index (χ1v) is 7.98. The van der Waals surface area contributed by atoms with Crippen molar-refractivity contribution in [2.75, 3.05) is 0 Å². The lowest BCUT2D eigenvalue weighted by Gasteiger charge is -2.22. The number of alkyl halides is 3. The molecule has 1 amide bonds. The molecule has 138 valence electrons. The summed E-state index contributed by atoms with van der Waals surface area (Å²) in [6.07, 6.45) is -4.77. The second kappa shape index (κ2) is 8.51. The van der Waals surface area contributed by atoms with Gasteiger partial charge in [-0.05, 0) is 29.7 Å². The summed E-state index contributed by atoms with van der Waals surface area (Å²) in [5.41, 5.74) is 1.27. The molecule has 0 heterocycles. The number of nitrogens with one attached hydrogen (secondary N) is 1. The summed E-state index contributed by atoms with van der Waals surface area (Å²) >= 11 is 0. The van der Waals surface area contributed by atoms with Crippen molar-refractivity contribution in [3.8, 4) is 0 Å². The second-order valence-corrected chi connectivity index (χ2v) is 5.85. The molecule has 0 saturated carbocycles. The smallest absolute Gasteiger partial charge is 0.408 e. The zero-order valence-corrected chi connectivity index (χ0v) is 13.8. The summed E-state index contributed by atoms with van der Waals surface area (Å²) in [5, 5.41) is 10.9. The number of hydrogen-bond acceptors (Lipinski definition) is 2. The van der Waals surface area contributed by atoms with Crippen molar-refractivity contribution >= 4 is 11.9 Å². The molecule has 0 aliphatic heterocycles. The van der Waals surface area contributed by atoms with Gasteiger partial charge >= 0.3 is 12.1 Å².